The van der Waals surface area contributed by atoms with Crippen LogP contribution in [0.3, 0.4) is 0 Å². The molecule has 1 aromatic rings. The van der Waals surface area contributed by atoms with Crippen molar-refractivity contribution in [3.05, 3.63) is 51.3 Å². The fourth-order valence-electron chi connectivity index (χ4n) is 6.73. The normalized spacial score (nSPS) is 22.8. The van der Waals surface area contributed by atoms with E-state index in [2.05, 4.69) is 129 Å². The van der Waals surface area contributed by atoms with Crippen molar-refractivity contribution in [1.82, 2.24) is 0 Å². The molecule has 0 saturated carbocycles. The van der Waals surface area contributed by atoms with E-state index in [0.29, 0.717) is 23.7 Å². The van der Waals surface area contributed by atoms with Gasteiger partial charge in [0.15, 0.2) is 0 Å². The fraction of sp³-hybridized carbons (Fsp3) is 0.697. The lowest BCUT2D eigenvalue weighted by Gasteiger charge is -2.54. The van der Waals surface area contributed by atoms with Crippen molar-refractivity contribution in [2.75, 3.05) is 0 Å². The zero-order valence-electron chi connectivity index (χ0n) is 25.5. The van der Waals surface area contributed by atoms with E-state index in [-0.39, 0.29) is 15.7 Å². The van der Waals surface area contributed by atoms with Crippen LogP contribution in [0.2, 0.25) is 0 Å². The average Bonchev–Trinajstić information content (AvgIpc) is 2.67. The minimum atomic E-state index is -0.410. The molecule has 1 aliphatic rings. The molecule has 2 atom stereocenters. The fourth-order valence-corrected chi connectivity index (χ4v) is 11.3. The van der Waals surface area contributed by atoms with E-state index in [1.54, 1.807) is 27.6 Å². The Morgan fingerprint density at radius 3 is 1.53 bits per heavy atom. The predicted octanol–water partition coefficient (Wildman–Crippen LogP) is 11.4. The third-order valence-corrected chi connectivity index (χ3v) is 12.5. The number of hydrogen-bond donors (Lipinski definition) is 0. The minimum absolute atomic E-state index is 0.171. The molecule has 2 unspecified atom stereocenters. The third-order valence-electron chi connectivity index (χ3n) is 8.72. The molecule has 2 rings (SSSR count). The van der Waals surface area contributed by atoms with Gasteiger partial charge in [-0.2, -0.15) is 0 Å². The van der Waals surface area contributed by atoms with Gasteiger partial charge >= 0.3 is 0 Å². The first-order valence-electron chi connectivity index (χ1n) is 13.6. The molecule has 0 spiro atoms. The van der Waals surface area contributed by atoms with Gasteiger partial charge in [-0.3, -0.25) is 0 Å². The Bertz CT molecular complexity index is 915. The van der Waals surface area contributed by atoms with E-state index in [9.17, 15) is 0 Å². The van der Waals surface area contributed by atoms with Gasteiger partial charge in [0, 0.05) is 0 Å². The molecule has 0 aliphatic heterocycles. The first-order chi connectivity index (χ1) is 15.3. The topological polar surface area (TPSA) is 0 Å². The molecule has 1 heteroatoms. The van der Waals surface area contributed by atoms with Crippen LogP contribution in [0, 0.1) is 17.3 Å². The van der Waals surface area contributed by atoms with Gasteiger partial charge in [-0.25, -0.2) is 0 Å². The van der Waals surface area contributed by atoms with E-state index < -0.39 is 7.92 Å². The van der Waals surface area contributed by atoms with Gasteiger partial charge in [-0.05, 0) is 86.4 Å². The van der Waals surface area contributed by atoms with Crippen LogP contribution in [-0.4, -0.2) is 10.3 Å². The first kappa shape index (κ1) is 29.4. The summed E-state index contributed by atoms with van der Waals surface area (Å²) in [5, 5.41) is 2.23. The molecular weight excluding hydrogens is 427 g/mol. The lowest BCUT2D eigenvalue weighted by molar-refractivity contribution is 0.202. The zero-order chi connectivity index (χ0) is 26.5. The summed E-state index contributed by atoms with van der Waals surface area (Å²) in [6.45, 7) is 39.3. The first-order valence-corrected chi connectivity index (χ1v) is 15.0. The van der Waals surface area contributed by atoms with Gasteiger partial charge in [0.05, 0.1) is 0 Å². The summed E-state index contributed by atoms with van der Waals surface area (Å²) in [7, 11) is -0.410. The quantitative estimate of drug-likeness (QED) is 0.366. The number of rotatable bonds is 5. The maximum atomic E-state index is 2.56. The molecule has 0 nitrogen and oxygen atoms in total. The van der Waals surface area contributed by atoms with Crippen molar-refractivity contribution in [1.29, 1.82) is 0 Å². The maximum absolute atomic E-state index is 2.56. The molecular formula is C33H55P. The summed E-state index contributed by atoms with van der Waals surface area (Å²) in [4.78, 5) is 0. The standard InChI is InChI=1S/C33H55P/c1-20(2)26-18-17-19-27(21(3)4)29(26)28-23(7)24(8)33(16,22(5)6)25(9)30(28)34(31(10,11)12)32(13,14)15/h17-22,25H,1-16H3. The van der Waals surface area contributed by atoms with Crippen LogP contribution in [0.25, 0.3) is 5.57 Å². The van der Waals surface area contributed by atoms with Crippen LogP contribution in [0.15, 0.2) is 34.7 Å². The van der Waals surface area contributed by atoms with Crippen LogP contribution in [-0.2, 0) is 0 Å². The Hall–Kier alpha value is -0.870. The summed E-state index contributed by atoms with van der Waals surface area (Å²) in [5.74, 6) is 2.10. The summed E-state index contributed by atoms with van der Waals surface area (Å²) in [6.07, 6.45) is 0. The molecule has 0 heterocycles. The Labute approximate surface area is 214 Å². The lowest BCUT2D eigenvalue weighted by Crippen LogP contribution is -2.40. The summed E-state index contributed by atoms with van der Waals surface area (Å²) < 4.78 is 0. The maximum Gasteiger partial charge on any atom is -0.00236 e. The second-order valence-electron chi connectivity index (χ2n) is 14.0. The molecule has 34 heavy (non-hydrogen) atoms. The molecule has 0 bridgehead atoms. The second kappa shape index (κ2) is 9.88. The molecule has 0 amide bonds. The largest absolute Gasteiger partial charge is 0.0677 e. The van der Waals surface area contributed by atoms with Crippen molar-refractivity contribution in [3.8, 4) is 0 Å². The van der Waals surface area contributed by atoms with Crippen LogP contribution in [0.4, 0.5) is 0 Å². The van der Waals surface area contributed by atoms with Crippen molar-refractivity contribution >= 4 is 13.5 Å². The average molecular weight is 483 g/mol. The highest BCUT2D eigenvalue weighted by Gasteiger charge is 2.49. The number of allylic oxidation sites excluding steroid dienone is 4. The molecule has 0 saturated heterocycles. The Morgan fingerprint density at radius 1 is 0.794 bits per heavy atom. The van der Waals surface area contributed by atoms with E-state index in [4.69, 9.17) is 0 Å². The summed E-state index contributed by atoms with van der Waals surface area (Å²) in [5.41, 5.74) is 9.50. The monoisotopic (exact) mass is 482 g/mol. The highest BCUT2D eigenvalue weighted by molar-refractivity contribution is 7.65. The van der Waals surface area contributed by atoms with E-state index in [1.807, 2.05) is 0 Å². The van der Waals surface area contributed by atoms with Crippen molar-refractivity contribution < 1.29 is 0 Å². The third kappa shape index (κ3) is 5.01. The van der Waals surface area contributed by atoms with E-state index in [0.717, 1.165) is 0 Å². The Morgan fingerprint density at radius 2 is 1.21 bits per heavy atom. The Balaban J connectivity index is 3.24. The molecule has 0 aromatic heterocycles. The minimum Gasteiger partial charge on any atom is -0.0677 e. The van der Waals surface area contributed by atoms with Gasteiger partial charge in [0.25, 0.3) is 0 Å². The molecule has 0 radical (unpaired) electrons. The molecule has 0 fully saturated rings. The van der Waals surface area contributed by atoms with Crippen molar-refractivity contribution in [3.63, 3.8) is 0 Å². The van der Waals surface area contributed by atoms with Crippen molar-refractivity contribution in [2.45, 2.75) is 133 Å². The van der Waals surface area contributed by atoms with Crippen LogP contribution < -0.4 is 0 Å². The van der Waals surface area contributed by atoms with Crippen LogP contribution >= 0.6 is 7.92 Å². The van der Waals surface area contributed by atoms with Crippen LogP contribution in [0.5, 0.6) is 0 Å². The van der Waals surface area contributed by atoms with E-state index >= 15 is 0 Å². The Kier molecular flexibility index (Phi) is 8.53. The van der Waals surface area contributed by atoms with Gasteiger partial charge in [-0.1, -0.05) is 129 Å². The summed E-state index contributed by atoms with van der Waals surface area (Å²) in [6, 6.07) is 7.09. The molecule has 0 N–H and O–H groups in total. The zero-order valence-corrected chi connectivity index (χ0v) is 26.4. The lowest BCUT2D eigenvalue weighted by atomic mass is 9.60. The van der Waals surface area contributed by atoms with Gasteiger partial charge in [-0.15, -0.1) is 0 Å². The van der Waals surface area contributed by atoms with Crippen molar-refractivity contribution in [2.24, 2.45) is 17.3 Å². The molecule has 192 valence electrons. The van der Waals surface area contributed by atoms with Gasteiger partial charge in [0.1, 0.15) is 0 Å². The number of benzene rings is 1. The number of hydrogen-bond acceptors (Lipinski definition) is 0. The van der Waals surface area contributed by atoms with Gasteiger partial charge < -0.3 is 0 Å². The van der Waals surface area contributed by atoms with E-state index in [1.165, 1.54) is 11.1 Å². The summed E-state index contributed by atoms with van der Waals surface area (Å²) >= 11 is 0. The SMILES string of the molecule is CC1=C(C)C(C)(C(C)C)C(C)C(P(C(C)(C)C)C(C)(C)C)=C1c1c(C(C)C)cccc1C(C)C. The molecule has 1 aromatic carbocycles. The van der Waals surface area contributed by atoms with Crippen LogP contribution in [0.1, 0.15) is 139 Å². The predicted molar refractivity (Wildman–Crippen MR) is 158 cm³/mol. The highest BCUT2D eigenvalue weighted by atomic mass is 31.1. The van der Waals surface area contributed by atoms with Gasteiger partial charge in [0.2, 0.25) is 0 Å². The molecule has 1 aliphatic carbocycles. The highest BCUT2D eigenvalue weighted by Crippen LogP contribution is 2.72. The second-order valence-corrected chi connectivity index (χ2v) is 17.8. The smallest absolute Gasteiger partial charge is 0.00236 e.